The predicted molar refractivity (Wildman–Crippen MR) is 91.9 cm³/mol. The summed E-state index contributed by atoms with van der Waals surface area (Å²) in [6.07, 6.45) is 12.2. The van der Waals surface area contributed by atoms with Gasteiger partial charge in [-0.05, 0) is 69.1 Å². The largest absolute Gasteiger partial charge is 0.392 e. The van der Waals surface area contributed by atoms with Crippen molar-refractivity contribution in [1.82, 2.24) is 0 Å². The van der Waals surface area contributed by atoms with Crippen LogP contribution in [0, 0.1) is 28.6 Å². The Morgan fingerprint density at radius 2 is 1.91 bits per heavy atom. The van der Waals surface area contributed by atoms with Crippen LogP contribution in [0.4, 0.5) is 0 Å². The summed E-state index contributed by atoms with van der Waals surface area (Å²) in [6, 6.07) is 0. The lowest BCUT2D eigenvalue weighted by Crippen LogP contribution is -2.50. The lowest BCUT2D eigenvalue weighted by atomic mass is 9.50. The average molecular weight is 314 g/mol. The van der Waals surface area contributed by atoms with Gasteiger partial charge in [0, 0.05) is 11.3 Å². The number of rotatable bonds is 1. The van der Waals surface area contributed by atoms with Crippen LogP contribution < -0.4 is 0 Å². The molecular weight excluding hydrogens is 284 g/mol. The number of hydrogen-bond donors (Lipinski definition) is 1. The van der Waals surface area contributed by atoms with Crippen molar-refractivity contribution < 1.29 is 9.90 Å². The van der Waals surface area contributed by atoms with Crippen molar-refractivity contribution in [2.75, 3.05) is 0 Å². The molecule has 0 heterocycles. The molecule has 0 bridgehead atoms. The van der Waals surface area contributed by atoms with Gasteiger partial charge in [0.1, 0.15) is 5.78 Å². The van der Waals surface area contributed by atoms with Crippen molar-refractivity contribution in [1.29, 1.82) is 0 Å². The summed E-state index contributed by atoms with van der Waals surface area (Å²) < 4.78 is 0. The van der Waals surface area contributed by atoms with Crippen molar-refractivity contribution >= 4 is 5.78 Å². The molecule has 23 heavy (non-hydrogen) atoms. The van der Waals surface area contributed by atoms with Gasteiger partial charge < -0.3 is 5.11 Å². The second kappa shape index (κ2) is 5.05. The Morgan fingerprint density at radius 1 is 1.13 bits per heavy atom. The van der Waals surface area contributed by atoms with E-state index in [2.05, 4.69) is 26.0 Å². The van der Waals surface area contributed by atoms with Gasteiger partial charge in [-0.1, -0.05) is 37.1 Å². The number of carbonyl (C=O) groups is 1. The molecule has 0 aromatic rings. The van der Waals surface area contributed by atoms with E-state index in [9.17, 15) is 9.90 Å². The number of fused-ring (bicyclic) bond motifs is 5. The molecule has 0 amide bonds. The number of allylic oxidation sites excluding steroid dienone is 3. The van der Waals surface area contributed by atoms with Crippen LogP contribution in [0.5, 0.6) is 0 Å². The van der Waals surface area contributed by atoms with Gasteiger partial charge in [-0.2, -0.15) is 0 Å². The first kappa shape index (κ1) is 15.6. The first-order valence-corrected chi connectivity index (χ1v) is 9.48. The minimum Gasteiger partial charge on any atom is -0.392 e. The van der Waals surface area contributed by atoms with Crippen molar-refractivity contribution in [2.24, 2.45) is 28.6 Å². The molecule has 2 nitrogen and oxygen atoms in total. The standard InChI is InChI=1S/C21H30O2/c1-13(22)16-9-10-17-15-8-7-14-5-4-6-19(23)21(14,3)18(15)11-12-20(16,17)2/h7-8,16-19,23H,4-6,9-12H2,1-3H3/t16-,17+,18+,19?,20-,21+/m1/s1. The van der Waals surface area contributed by atoms with E-state index in [0.29, 0.717) is 17.6 Å². The molecule has 1 unspecified atom stereocenters. The quantitative estimate of drug-likeness (QED) is 0.777. The molecule has 0 aromatic heterocycles. The lowest BCUT2D eigenvalue weighted by Gasteiger charge is -2.55. The number of hydrogen-bond acceptors (Lipinski definition) is 2. The van der Waals surface area contributed by atoms with Gasteiger partial charge >= 0.3 is 0 Å². The first-order chi connectivity index (χ1) is 10.9. The number of ketones is 1. The Labute approximate surface area is 140 Å². The zero-order valence-electron chi connectivity index (χ0n) is 14.8. The molecular formula is C21H30O2. The van der Waals surface area contributed by atoms with E-state index < -0.39 is 0 Å². The molecule has 0 spiro atoms. The molecule has 1 N–H and O–H groups in total. The topological polar surface area (TPSA) is 37.3 Å². The van der Waals surface area contributed by atoms with Crippen molar-refractivity contribution in [2.45, 2.75) is 71.8 Å². The van der Waals surface area contributed by atoms with E-state index in [4.69, 9.17) is 0 Å². The highest BCUT2D eigenvalue weighted by Crippen LogP contribution is 2.64. The Hall–Kier alpha value is -0.890. The smallest absolute Gasteiger partial charge is 0.133 e. The molecule has 0 aliphatic heterocycles. The van der Waals surface area contributed by atoms with E-state index in [1.54, 1.807) is 12.5 Å². The maximum absolute atomic E-state index is 12.1. The summed E-state index contributed by atoms with van der Waals surface area (Å²) in [5.41, 5.74) is 3.11. The van der Waals surface area contributed by atoms with Crippen LogP contribution in [0.3, 0.4) is 0 Å². The van der Waals surface area contributed by atoms with Crippen LogP contribution in [-0.2, 0) is 4.79 Å². The second-order valence-electron chi connectivity index (χ2n) is 8.94. The van der Waals surface area contributed by atoms with Crippen molar-refractivity contribution in [3.05, 3.63) is 23.3 Å². The molecule has 2 heteroatoms. The summed E-state index contributed by atoms with van der Waals surface area (Å²) in [6.45, 7) is 6.44. The van der Waals surface area contributed by atoms with Crippen LogP contribution in [-0.4, -0.2) is 17.0 Å². The average Bonchev–Trinajstić information content (AvgIpc) is 2.86. The Morgan fingerprint density at radius 3 is 2.65 bits per heavy atom. The van der Waals surface area contributed by atoms with E-state index >= 15 is 0 Å². The summed E-state index contributed by atoms with van der Waals surface area (Å²) >= 11 is 0. The third kappa shape index (κ3) is 1.94. The van der Waals surface area contributed by atoms with E-state index in [1.165, 1.54) is 5.57 Å². The van der Waals surface area contributed by atoms with Gasteiger partial charge in [0.25, 0.3) is 0 Å². The molecule has 3 saturated carbocycles. The normalized spacial score (nSPS) is 48.7. The van der Waals surface area contributed by atoms with Gasteiger partial charge in [-0.3, -0.25) is 4.79 Å². The molecule has 4 aliphatic carbocycles. The highest BCUT2D eigenvalue weighted by Gasteiger charge is 2.58. The summed E-state index contributed by atoms with van der Waals surface area (Å²) in [5.74, 6) is 1.65. The number of carbonyl (C=O) groups excluding carboxylic acids is 1. The fourth-order valence-corrected chi connectivity index (χ4v) is 6.73. The Kier molecular flexibility index (Phi) is 3.43. The van der Waals surface area contributed by atoms with E-state index in [0.717, 1.165) is 44.9 Å². The first-order valence-electron chi connectivity index (χ1n) is 9.48. The minimum atomic E-state index is -0.203. The van der Waals surface area contributed by atoms with Gasteiger partial charge in [0.05, 0.1) is 6.10 Å². The number of aliphatic hydroxyl groups is 1. The summed E-state index contributed by atoms with van der Waals surface area (Å²) in [4.78, 5) is 12.1. The van der Waals surface area contributed by atoms with Crippen LogP contribution in [0.15, 0.2) is 23.3 Å². The van der Waals surface area contributed by atoms with Gasteiger partial charge in [-0.25, -0.2) is 0 Å². The fourth-order valence-electron chi connectivity index (χ4n) is 6.73. The van der Waals surface area contributed by atoms with Gasteiger partial charge in [0.2, 0.25) is 0 Å². The zero-order chi connectivity index (χ0) is 16.4. The fraction of sp³-hybridized carbons (Fsp3) is 0.762. The third-order valence-electron chi connectivity index (χ3n) is 8.11. The van der Waals surface area contributed by atoms with Gasteiger partial charge in [0.15, 0.2) is 0 Å². The summed E-state index contributed by atoms with van der Waals surface area (Å²) in [5, 5.41) is 10.8. The highest BCUT2D eigenvalue weighted by atomic mass is 16.3. The lowest BCUT2D eigenvalue weighted by molar-refractivity contribution is -0.125. The van der Waals surface area contributed by atoms with Crippen LogP contribution in [0.2, 0.25) is 0 Å². The molecule has 4 aliphatic rings. The van der Waals surface area contributed by atoms with Crippen LogP contribution in [0.25, 0.3) is 0 Å². The van der Waals surface area contributed by atoms with E-state index in [1.807, 2.05) is 0 Å². The number of Topliss-reactive ketones (excluding diaryl/α,β-unsaturated/α-hetero) is 1. The molecule has 0 radical (unpaired) electrons. The minimum absolute atomic E-state index is 0.0576. The Bertz CT molecular complexity index is 601. The van der Waals surface area contributed by atoms with Crippen molar-refractivity contribution in [3.63, 3.8) is 0 Å². The molecule has 4 rings (SSSR count). The predicted octanol–water partition coefficient (Wildman–Crippen LogP) is 4.44. The number of aliphatic hydroxyl groups excluding tert-OH is 1. The maximum atomic E-state index is 12.1. The molecule has 6 atom stereocenters. The molecule has 3 fully saturated rings. The maximum Gasteiger partial charge on any atom is 0.133 e. The summed E-state index contributed by atoms with van der Waals surface area (Å²) in [7, 11) is 0. The second-order valence-corrected chi connectivity index (χ2v) is 8.94. The van der Waals surface area contributed by atoms with Crippen LogP contribution >= 0.6 is 0 Å². The molecule has 0 saturated heterocycles. The monoisotopic (exact) mass is 314 g/mol. The van der Waals surface area contributed by atoms with Crippen molar-refractivity contribution in [3.8, 4) is 0 Å². The third-order valence-corrected chi connectivity index (χ3v) is 8.11. The molecule has 126 valence electrons. The zero-order valence-corrected chi connectivity index (χ0v) is 14.8. The van der Waals surface area contributed by atoms with Gasteiger partial charge in [-0.15, -0.1) is 0 Å². The van der Waals surface area contributed by atoms with E-state index in [-0.39, 0.29) is 22.9 Å². The SMILES string of the molecule is CC(=O)[C@H]1CC[C@H]2C3=CC=C4CCCC(O)[C@]4(C)[C@H]3CC[C@]12C. The highest BCUT2D eigenvalue weighted by molar-refractivity contribution is 5.79. The Balaban J connectivity index is 1.75. The molecule has 0 aromatic carbocycles. The van der Waals surface area contributed by atoms with Crippen LogP contribution in [0.1, 0.15) is 65.7 Å².